The second-order valence-corrected chi connectivity index (χ2v) is 11.8. The Bertz CT molecular complexity index is 1400. The van der Waals surface area contributed by atoms with Crippen LogP contribution in [0.2, 0.25) is 0 Å². The van der Waals surface area contributed by atoms with Crippen molar-refractivity contribution in [2.24, 2.45) is 18.7 Å². The van der Waals surface area contributed by atoms with Crippen LogP contribution in [0, 0.1) is 12.8 Å². The average Bonchev–Trinajstić information content (AvgIpc) is 3.40. The van der Waals surface area contributed by atoms with Crippen LogP contribution in [0.4, 0.5) is 19.1 Å². The lowest BCUT2D eigenvalue weighted by Gasteiger charge is -2.36. The van der Waals surface area contributed by atoms with Gasteiger partial charge in [-0.2, -0.15) is 22.6 Å². The minimum absolute atomic E-state index is 0.0231. The number of aromatic nitrogens is 4. The largest absolute Gasteiger partial charge is 0.420 e. The van der Waals surface area contributed by atoms with Crippen LogP contribution in [0.1, 0.15) is 34.1 Å². The van der Waals surface area contributed by atoms with Gasteiger partial charge in [0.05, 0.1) is 22.3 Å². The molecule has 0 unspecified atom stereocenters. The van der Waals surface area contributed by atoms with Crippen molar-refractivity contribution >= 4 is 33.2 Å². The van der Waals surface area contributed by atoms with Crippen LogP contribution in [0.5, 0.6) is 0 Å². The van der Waals surface area contributed by atoms with E-state index in [1.807, 2.05) is 6.92 Å². The van der Waals surface area contributed by atoms with E-state index in [1.165, 1.54) is 27.4 Å². The van der Waals surface area contributed by atoms with Gasteiger partial charge < -0.3 is 11.1 Å². The number of thiophene rings is 1. The number of aryl methyl sites for hydroxylation is 2. The van der Waals surface area contributed by atoms with Gasteiger partial charge in [0.1, 0.15) is 10.5 Å². The summed E-state index contributed by atoms with van der Waals surface area (Å²) in [4.78, 5) is 20.3. The Labute approximate surface area is 209 Å². The SMILES string of the molecule is Cc1sc(-c2nc(N[C@H]3CCN(S(=O)(=O)c4cnn(C)c4)C[C@H]3C)ncc2C(F)(F)F)cc1C(N)=O. The number of carbonyl (C=O) groups excluding carboxylic acids is 1. The number of nitrogens with one attached hydrogen (secondary N) is 1. The number of halogens is 3. The molecule has 2 atom stereocenters. The summed E-state index contributed by atoms with van der Waals surface area (Å²) in [5, 5.41) is 6.98. The minimum Gasteiger partial charge on any atom is -0.366 e. The van der Waals surface area contributed by atoms with Gasteiger partial charge in [0.15, 0.2) is 0 Å². The van der Waals surface area contributed by atoms with Crippen LogP contribution in [0.25, 0.3) is 10.6 Å². The molecule has 0 radical (unpaired) electrons. The molecule has 10 nitrogen and oxygen atoms in total. The smallest absolute Gasteiger partial charge is 0.366 e. The number of sulfonamides is 1. The summed E-state index contributed by atoms with van der Waals surface area (Å²) in [6.07, 6.45) is -0.895. The summed E-state index contributed by atoms with van der Waals surface area (Å²) in [5.41, 5.74) is 4.07. The Kier molecular flexibility index (Phi) is 6.83. The highest BCUT2D eigenvalue weighted by Gasteiger charge is 2.37. The number of alkyl halides is 3. The third-order valence-corrected chi connectivity index (χ3v) is 8.89. The topological polar surface area (TPSA) is 136 Å². The fourth-order valence-corrected chi connectivity index (χ4v) is 6.65. The van der Waals surface area contributed by atoms with Gasteiger partial charge in [0.25, 0.3) is 0 Å². The second-order valence-electron chi connectivity index (χ2n) is 8.63. The number of amides is 1. The predicted molar refractivity (Wildman–Crippen MR) is 127 cm³/mol. The van der Waals surface area contributed by atoms with E-state index in [4.69, 9.17) is 5.73 Å². The number of nitrogens with two attached hydrogens (primary N) is 1. The molecule has 36 heavy (non-hydrogen) atoms. The van der Waals surface area contributed by atoms with Gasteiger partial charge in [-0.25, -0.2) is 18.4 Å². The van der Waals surface area contributed by atoms with Crippen molar-refractivity contribution in [3.8, 4) is 10.6 Å². The lowest BCUT2D eigenvalue weighted by Crippen LogP contribution is -2.47. The van der Waals surface area contributed by atoms with E-state index in [-0.39, 0.29) is 52.0 Å². The highest BCUT2D eigenvalue weighted by Crippen LogP contribution is 2.39. The Morgan fingerprint density at radius 2 is 2.03 bits per heavy atom. The van der Waals surface area contributed by atoms with Crippen LogP contribution in [-0.4, -0.2) is 57.5 Å². The zero-order valence-corrected chi connectivity index (χ0v) is 21.2. The number of rotatable bonds is 6. The molecule has 3 N–H and O–H groups in total. The van der Waals surface area contributed by atoms with Crippen molar-refractivity contribution in [3.05, 3.63) is 40.7 Å². The molecule has 0 aliphatic carbocycles. The van der Waals surface area contributed by atoms with Crippen LogP contribution in [-0.2, 0) is 23.2 Å². The first-order valence-electron chi connectivity index (χ1n) is 10.9. The molecule has 15 heteroatoms. The zero-order chi connectivity index (χ0) is 26.4. The molecule has 1 saturated heterocycles. The first-order chi connectivity index (χ1) is 16.8. The number of anilines is 1. The van der Waals surface area contributed by atoms with Gasteiger partial charge in [0.2, 0.25) is 21.9 Å². The number of nitrogens with zero attached hydrogens (tertiary/aromatic N) is 5. The summed E-state index contributed by atoms with van der Waals surface area (Å²) < 4.78 is 69.7. The third kappa shape index (κ3) is 5.08. The van der Waals surface area contributed by atoms with Crippen molar-refractivity contribution < 1.29 is 26.4 Å². The maximum atomic E-state index is 13.7. The lowest BCUT2D eigenvalue weighted by atomic mass is 9.95. The molecule has 3 aromatic rings. The van der Waals surface area contributed by atoms with Crippen molar-refractivity contribution in [1.29, 1.82) is 0 Å². The molecule has 1 aliphatic rings. The summed E-state index contributed by atoms with van der Waals surface area (Å²) >= 11 is 0.985. The molecule has 1 aliphatic heterocycles. The minimum atomic E-state index is -4.71. The van der Waals surface area contributed by atoms with Gasteiger partial charge in [0, 0.05) is 43.4 Å². The van der Waals surface area contributed by atoms with Crippen molar-refractivity contribution in [2.75, 3.05) is 18.4 Å². The van der Waals surface area contributed by atoms with Gasteiger partial charge in [-0.15, -0.1) is 11.3 Å². The number of primary amides is 1. The molecule has 4 heterocycles. The Hall–Kier alpha value is -3.04. The van der Waals surface area contributed by atoms with Crippen molar-refractivity contribution in [3.63, 3.8) is 0 Å². The quantitative estimate of drug-likeness (QED) is 0.488. The molecule has 0 aromatic carbocycles. The molecule has 1 fully saturated rings. The van der Waals surface area contributed by atoms with E-state index >= 15 is 0 Å². The molecule has 4 rings (SSSR count). The standard InChI is InChI=1S/C21H24F3N7O3S2/c1-11-9-31(36(33,34)13-7-27-30(3)10-13)5-4-16(11)28-20-26-8-15(21(22,23)24)18(29-20)17-6-14(19(25)32)12(2)35-17/h6-8,10-11,16H,4-5,9H2,1-3H3,(H2,25,32)(H,26,28,29)/t11-,16+/m1/s1. The molecule has 0 spiro atoms. The van der Waals surface area contributed by atoms with E-state index in [0.29, 0.717) is 17.5 Å². The molecule has 194 valence electrons. The normalized spacial score (nSPS) is 19.4. The van der Waals surface area contributed by atoms with Gasteiger partial charge in [-0.05, 0) is 25.3 Å². The predicted octanol–water partition coefficient (Wildman–Crippen LogP) is 2.88. The molecule has 1 amide bonds. The van der Waals surface area contributed by atoms with Crippen LogP contribution >= 0.6 is 11.3 Å². The van der Waals surface area contributed by atoms with Crippen LogP contribution < -0.4 is 11.1 Å². The lowest BCUT2D eigenvalue weighted by molar-refractivity contribution is -0.137. The van der Waals surface area contributed by atoms with E-state index < -0.39 is 27.7 Å². The Balaban J connectivity index is 1.57. The maximum absolute atomic E-state index is 13.7. The Morgan fingerprint density at radius 1 is 1.31 bits per heavy atom. The second kappa shape index (κ2) is 9.44. The number of hydrogen-bond donors (Lipinski definition) is 2. The molecular weight excluding hydrogens is 519 g/mol. The number of piperidine rings is 1. The monoisotopic (exact) mass is 543 g/mol. The fourth-order valence-electron chi connectivity index (χ4n) is 4.08. The first-order valence-corrected chi connectivity index (χ1v) is 13.1. The fraction of sp³-hybridized carbons (Fsp3) is 0.429. The molecule has 0 saturated carbocycles. The van der Waals surface area contributed by atoms with E-state index in [2.05, 4.69) is 20.4 Å². The van der Waals surface area contributed by atoms with E-state index in [0.717, 1.165) is 11.3 Å². The van der Waals surface area contributed by atoms with Gasteiger partial charge in [-0.1, -0.05) is 6.92 Å². The molecule has 3 aromatic heterocycles. The van der Waals surface area contributed by atoms with Gasteiger partial charge >= 0.3 is 6.18 Å². The summed E-state index contributed by atoms with van der Waals surface area (Å²) in [6.45, 7) is 3.85. The van der Waals surface area contributed by atoms with Crippen molar-refractivity contribution in [1.82, 2.24) is 24.1 Å². The first kappa shape index (κ1) is 26.0. The van der Waals surface area contributed by atoms with Crippen LogP contribution in [0.3, 0.4) is 0 Å². The maximum Gasteiger partial charge on any atom is 0.420 e. The van der Waals surface area contributed by atoms with E-state index in [9.17, 15) is 26.4 Å². The van der Waals surface area contributed by atoms with Gasteiger partial charge in [-0.3, -0.25) is 9.48 Å². The Morgan fingerprint density at radius 3 is 2.58 bits per heavy atom. The molecular formula is C21H24F3N7O3S2. The third-order valence-electron chi connectivity index (χ3n) is 6.01. The summed E-state index contributed by atoms with van der Waals surface area (Å²) in [6, 6.07) is 1.02. The molecule has 0 bridgehead atoms. The highest BCUT2D eigenvalue weighted by atomic mass is 32.2. The average molecular weight is 544 g/mol. The van der Waals surface area contributed by atoms with E-state index in [1.54, 1.807) is 14.0 Å². The highest BCUT2D eigenvalue weighted by molar-refractivity contribution is 7.89. The summed E-state index contributed by atoms with van der Waals surface area (Å²) in [7, 11) is -2.09. The number of carbonyl (C=O) groups is 1. The van der Waals surface area contributed by atoms with Crippen LogP contribution in [0.15, 0.2) is 29.6 Å². The number of hydrogen-bond acceptors (Lipinski definition) is 8. The zero-order valence-electron chi connectivity index (χ0n) is 19.6. The summed E-state index contributed by atoms with van der Waals surface area (Å²) in [5.74, 6) is -0.951. The van der Waals surface area contributed by atoms with Crippen molar-refractivity contribution in [2.45, 2.75) is 37.4 Å².